The molecule has 11 heteroatoms. The Balaban J connectivity index is 2.09. The molecule has 1 amide bonds. The minimum atomic E-state index is -4.69. The van der Waals surface area contributed by atoms with E-state index in [9.17, 15) is 31.2 Å². The van der Waals surface area contributed by atoms with Gasteiger partial charge in [-0.2, -0.15) is 13.2 Å². The molecule has 1 heterocycles. The van der Waals surface area contributed by atoms with E-state index in [0.29, 0.717) is 18.9 Å². The van der Waals surface area contributed by atoms with Gasteiger partial charge in [-0.25, -0.2) is 17.9 Å². The summed E-state index contributed by atoms with van der Waals surface area (Å²) >= 11 is 0. The van der Waals surface area contributed by atoms with Gasteiger partial charge in [-0.15, -0.1) is 0 Å². The first-order chi connectivity index (χ1) is 13.1. The van der Waals surface area contributed by atoms with Gasteiger partial charge in [0.05, 0.1) is 23.6 Å². The number of rotatable bonds is 6. The van der Waals surface area contributed by atoms with Gasteiger partial charge in [0.1, 0.15) is 6.04 Å². The number of nitrogens with one attached hydrogen (secondary N) is 1. The number of hydrogen-bond acceptors (Lipinski definition) is 5. The molecule has 1 aromatic carbocycles. The summed E-state index contributed by atoms with van der Waals surface area (Å²) in [6.07, 6.45) is -2.90. The third-order valence-electron chi connectivity index (χ3n) is 4.27. The zero-order chi connectivity index (χ0) is 20.9. The van der Waals surface area contributed by atoms with Crippen LogP contribution in [-0.4, -0.2) is 50.9 Å². The van der Waals surface area contributed by atoms with E-state index in [0.717, 1.165) is 24.6 Å². The molecule has 0 bridgehead atoms. The van der Waals surface area contributed by atoms with E-state index in [1.807, 2.05) is 4.72 Å². The number of amides is 1. The molecule has 1 fully saturated rings. The number of carbonyl (C=O) groups excluding carboxylic acids is 2. The fourth-order valence-corrected chi connectivity index (χ4v) is 3.91. The summed E-state index contributed by atoms with van der Waals surface area (Å²) in [5, 5.41) is 0. The first kappa shape index (κ1) is 22.2. The van der Waals surface area contributed by atoms with Gasteiger partial charge < -0.3 is 9.64 Å². The summed E-state index contributed by atoms with van der Waals surface area (Å²) in [5.41, 5.74) is -1.11. The highest BCUT2D eigenvalue weighted by Gasteiger charge is 2.34. The fourth-order valence-electron chi connectivity index (χ4n) is 2.89. The Morgan fingerprint density at radius 3 is 2.64 bits per heavy atom. The zero-order valence-electron chi connectivity index (χ0n) is 15.2. The topological polar surface area (TPSA) is 92.8 Å². The van der Waals surface area contributed by atoms with E-state index in [1.165, 1.54) is 4.90 Å². The number of nitrogens with zero attached hydrogens (tertiary/aromatic N) is 1. The Labute approximate surface area is 160 Å². The predicted molar refractivity (Wildman–Crippen MR) is 92.6 cm³/mol. The van der Waals surface area contributed by atoms with Crippen molar-refractivity contribution in [3.8, 4) is 0 Å². The Morgan fingerprint density at radius 2 is 2.00 bits per heavy atom. The molecule has 1 aliphatic heterocycles. The van der Waals surface area contributed by atoms with E-state index in [1.54, 1.807) is 6.92 Å². The van der Waals surface area contributed by atoms with Crippen molar-refractivity contribution in [2.75, 3.05) is 19.7 Å². The number of sulfonamides is 1. The SMILES string of the molecule is CCOC(=O)C1CCCCN1C(=O)CNS(=O)(=O)c1cccc(C(F)(F)F)c1. The molecular formula is C17H21F3N2O5S. The second-order valence-electron chi connectivity index (χ2n) is 6.20. The molecule has 1 atom stereocenters. The van der Waals surface area contributed by atoms with Crippen molar-refractivity contribution in [1.82, 2.24) is 9.62 Å². The van der Waals surface area contributed by atoms with Crippen LogP contribution in [-0.2, 0) is 30.5 Å². The first-order valence-corrected chi connectivity index (χ1v) is 10.2. The third kappa shape index (κ3) is 5.44. The zero-order valence-corrected chi connectivity index (χ0v) is 16.0. The third-order valence-corrected chi connectivity index (χ3v) is 5.67. The number of likely N-dealkylation sites (tertiary alicyclic amines) is 1. The molecule has 0 radical (unpaired) electrons. The minimum absolute atomic E-state index is 0.152. The Bertz CT molecular complexity index is 826. The maximum absolute atomic E-state index is 12.8. The molecule has 156 valence electrons. The van der Waals surface area contributed by atoms with Crippen LogP contribution in [0.25, 0.3) is 0 Å². The van der Waals surface area contributed by atoms with Gasteiger partial charge in [-0.3, -0.25) is 4.79 Å². The normalized spacial score (nSPS) is 18.0. The monoisotopic (exact) mass is 422 g/mol. The quantitative estimate of drug-likeness (QED) is 0.708. The van der Waals surface area contributed by atoms with Gasteiger partial charge in [0.2, 0.25) is 15.9 Å². The number of carbonyl (C=O) groups is 2. The lowest BCUT2D eigenvalue weighted by Gasteiger charge is -2.34. The van der Waals surface area contributed by atoms with Crippen LogP contribution in [0.1, 0.15) is 31.7 Å². The van der Waals surface area contributed by atoms with Crippen LogP contribution in [0.2, 0.25) is 0 Å². The Morgan fingerprint density at radius 1 is 1.29 bits per heavy atom. The highest BCUT2D eigenvalue weighted by Crippen LogP contribution is 2.30. The van der Waals surface area contributed by atoms with Crippen LogP contribution in [0.3, 0.4) is 0 Å². The molecule has 0 saturated carbocycles. The molecule has 0 aliphatic carbocycles. The van der Waals surface area contributed by atoms with Crippen molar-refractivity contribution >= 4 is 21.9 Å². The van der Waals surface area contributed by atoms with Crippen LogP contribution in [0.5, 0.6) is 0 Å². The lowest BCUT2D eigenvalue weighted by Crippen LogP contribution is -2.51. The maximum Gasteiger partial charge on any atom is 0.416 e. The average molecular weight is 422 g/mol. The second-order valence-corrected chi connectivity index (χ2v) is 7.97. The number of halogens is 3. The summed E-state index contributed by atoms with van der Waals surface area (Å²) in [6, 6.07) is 2.43. The van der Waals surface area contributed by atoms with E-state index < -0.39 is 51.1 Å². The smallest absolute Gasteiger partial charge is 0.416 e. The van der Waals surface area contributed by atoms with Crippen molar-refractivity contribution in [2.45, 2.75) is 43.3 Å². The van der Waals surface area contributed by atoms with Crippen molar-refractivity contribution in [3.63, 3.8) is 0 Å². The number of hydrogen-bond donors (Lipinski definition) is 1. The largest absolute Gasteiger partial charge is 0.464 e. The summed E-state index contributed by atoms with van der Waals surface area (Å²) in [4.78, 5) is 25.1. The summed E-state index contributed by atoms with van der Waals surface area (Å²) in [7, 11) is -4.34. The van der Waals surface area contributed by atoms with Crippen molar-refractivity contribution in [1.29, 1.82) is 0 Å². The van der Waals surface area contributed by atoms with E-state index in [4.69, 9.17) is 4.74 Å². The minimum Gasteiger partial charge on any atom is -0.464 e. The van der Waals surface area contributed by atoms with E-state index in [-0.39, 0.29) is 13.2 Å². The van der Waals surface area contributed by atoms with Gasteiger partial charge in [0, 0.05) is 6.54 Å². The van der Waals surface area contributed by atoms with Gasteiger partial charge in [-0.05, 0) is 44.4 Å². The molecule has 1 aliphatic rings. The highest BCUT2D eigenvalue weighted by molar-refractivity contribution is 7.89. The van der Waals surface area contributed by atoms with Crippen LogP contribution in [0.15, 0.2) is 29.2 Å². The predicted octanol–water partition coefficient (Wildman–Crippen LogP) is 1.93. The van der Waals surface area contributed by atoms with E-state index >= 15 is 0 Å². The molecular weight excluding hydrogens is 401 g/mol. The molecule has 1 unspecified atom stereocenters. The Hall–Kier alpha value is -2.14. The number of ether oxygens (including phenoxy) is 1. The fraction of sp³-hybridized carbons (Fsp3) is 0.529. The molecule has 1 aromatic rings. The summed E-state index contributed by atoms with van der Waals surface area (Å²) in [5.74, 6) is -1.20. The van der Waals surface area contributed by atoms with Crippen LogP contribution < -0.4 is 4.72 Å². The number of alkyl halides is 3. The molecule has 7 nitrogen and oxygen atoms in total. The highest BCUT2D eigenvalue weighted by atomic mass is 32.2. The lowest BCUT2D eigenvalue weighted by atomic mass is 10.0. The average Bonchev–Trinajstić information content (AvgIpc) is 2.66. The molecule has 0 spiro atoms. The molecule has 2 rings (SSSR count). The van der Waals surface area contributed by atoms with Crippen LogP contribution in [0, 0.1) is 0 Å². The molecule has 28 heavy (non-hydrogen) atoms. The van der Waals surface area contributed by atoms with Crippen LogP contribution >= 0.6 is 0 Å². The summed E-state index contributed by atoms with van der Waals surface area (Å²) < 4.78 is 69.8. The second kappa shape index (κ2) is 8.91. The molecule has 1 saturated heterocycles. The van der Waals surface area contributed by atoms with Crippen molar-refractivity contribution < 1.29 is 35.9 Å². The maximum atomic E-state index is 12.8. The first-order valence-electron chi connectivity index (χ1n) is 8.69. The number of benzene rings is 1. The van der Waals surface area contributed by atoms with Crippen LogP contribution in [0.4, 0.5) is 13.2 Å². The Kier molecular flexibility index (Phi) is 7.05. The standard InChI is InChI=1S/C17H21F3N2O5S/c1-2-27-16(24)14-8-3-4-9-22(14)15(23)11-21-28(25,26)13-7-5-6-12(10-13)17(18,19)20/h5-7,10,14,21H,2-4,8-9,11H2,1H3. The van der Waals surface area contributed by atoms with Crippen molar-refractivity contribution in [2.24, 2.45) is 0 Å². The van der Waals surface area contributed by atoms with Gasteiger partial charge in [0.25, 0.3) is 0 Å². The summed E-state index contributed by atoms with van der Waals surface area (Å²) in [6.45, 7) is 1.39. The number of esters is 1. The van der Waals surface area contributed by atoms with Gasteiger partial charge in [0.15, 0.2) is 0 Å². The lowest BCUT2D eigenvalue weighted by molar-refractivity contribution is -0.156. The molecule has 0 aromatic heterocycles. The van der Waals surface area contributed by atoms with Crippen molar-refractivity contribution in [3.05, 3.63) is 29.8 Å². The van der Waals surface area contributed by atoms with Gasteiger partial charge >= 0.3 is 12.1 Å². The van der Waals surface area contributed by atoms with Gasteiger partial charge in [-0.1, -0.05) is 6.07 Å². The van der Waals surface area contributed by atoms with E-state index in [2.05, 4.69) is 0 Å². The molecule has 1 N–H and O–H groups in total. The number of piperidine rings is 1.